The third-order valence-corrected chi connectivity index (χ3v) is 2.69. The van der Waals surface area contributed by atoms with Crippen LogP contribution in [0.2, 0.25) is 0 Å². The van der Waals surface area contributed by atoms with E-state index in [2.05, 4.69) is 11.3 Å². The summed E-state index contributed by atoms with van der Waals surface area (Å²) in [5, 5.41) is 0. The maximum absolute atomic E-state index is 12.0. The van der Waals surface area contributed by atoms with Crippen molar-refractivity contribution in [2.75, 3.05) is 32.6 Å². The van der Waals surface area contributed by atoms with E-state index in [9.17, 15) is 9.59 Å². The molecule has 5 heteroatoms. The van der Waals surface area contributed by atoms with Crippen LogP contribution in [0.3, 0.4) is 0 Å². The van der Waals surface area contributed by atoms with Gasteiger partial charge in [0, 0.05) is 26.3 Å². The number of urea groups is 1. The maximum Gasteiger partial charge on any atom is 0.337 e. The largest absolute Gasteiger partial charge is 0.465 e. The number of carbonyl (C=O) groups is 2. The maximum atomic E-state index is 12.0. The summed E-state index contributed by atoms with van der Waals surface area (Å²) >= 11 is 0. The highest BCUT2D eigenvalue weighted by Crippen LogP contribution is 2.15. The lowest BCUT2D eigenvalue weighted by atomic mass is 10.2. The molecule has 0 aliphatic carbocycles. The average Bonchev–Trinajstić information content (AvgIpc) is 2.45. The molecule has 0 aromatic heterocycles. The number of amides is 2. The Morgan fingerprint density at radius 3 is 2.32 bits per heavy atom. The first kappa shape index (κ1) is 14.8. The van der Waals surface area contributed by atoms with Crippen LogP contribution in [0.25, 0.3) is 0 Å². The van der Waals surface area contributed by atoms with Gasteiger partial charge in [0.05, 0.1) is 12.7 Å². The summed E-state index contributed by atoms with van der Waals surface area (Å²) in [6, 6.07) is 6.50. The van der Waals surface area contributed by atoms with E-state index < -0.39 is 5.97 Å². The number of nitrogens with zero attached hydrogens (tertiary/aromatic N) is 2. The first-order valence-corrected chi connectivity index (χ1v) is 5.79. The first-order valence-electron chi connectivity index (χ1n) is 5.79. The van der Waals surface area contributed by atoms with Crippen LogP contribution in [0.15, 0.2) is 36.9 Å². The van der Waals surface area contributed by atoms with E-state index in [1.807, 2.05) is 0 Å². The van der Waals surface area contributed by atoms with Gasteiger partial charge in [0.1, 0.15) is 0 Å². The van der Waals surface area contributed by atoms with E-state index in [0.717, 1.165) is 0 Å². The summed E-state index contributed by atoms with van der Waals surface area (Å²) < 4.78 is 4.62. The van der Waals surface area contributed by atoms with Gasteiger partial charge in [-0.1, -0.05) is 6.08 Å². The molecular formula is C14H18N2O3. The van der Waals surface area contributed by atoms with Gasteiger partial charge in [-0.2, -0.15) is 0 Å². The molecule has 0 bridgehead atoms. The number of methoxy groups -OCH3 is 1. The normalized spacial score (nSPS) is 9.63. The minimum atomic E-state index is -0.399. The first-order chi connectivity index (χ1) is 9.01. The number of rotatable bonds is 4. The molecule has 0 spiro atoms. The predicted octanol–water partition coefficient (Wildman–Crippen LogP) is 2.15. The quantitative estimate of drug-likeness (QED) is 0.617. The number of likely N-dealkylation sites (N-methyl/N-ethyl adjacent to an activating group) is 1. The molecule has 0 atom stereocenters. The molecule has 0 aliphatic heterocycles. The molecule has 0 saturated carbocycles. The van der Waals surface area contributed by atoms with Crippen molar-refractivity contribution in [2.45, 2.75) is 0 Å². The summed E-state index contributed by atoms with van der Waals surface area (Å²) in [6.07, 6.45) is 1.66. The van der Waals surface area contributed by atoms with E-state index in [0.29, 0.717) is 17.8 Å². The average molecular weight is 262 g/mol. The second kappa shape index (κ2) is 6.58. The SMILES string of the molecule is C=CCN(C)C(=O)N(C)c1ccc(C(=O)OC)cc1. The van der Waals surface area contributed by atoms with Crippen molar-refractivity contribution in [3.8, 4) is 0 Å². The zero-order valence-electron chi connectivity index (χ0n) is 11.4. The van der Waals surface area contributed by atoms with Crippen LogP contribution >= 0.6 is 0 Å². The van der Waals surface area contributed by atoms with Gasteiger partial charge >= 0.3 is 12.0 Å². The van der Waals surface area contributed by atoms with Gasteiger partial charge in [-0.3, -0.25) is 4.90 Å². The number of anilines is 1. The molecule has 0 heterocycles. The number of esters is 1. The monoisotopic (exact) mass is 262 g/mol. The van der Waals surface area contributed by atoms with Crippen LogP contribution in [-0.2, 0) is 4.74 Å². The van der Waals surface area contributed by atoms with Crippen molar-refractivity contribution in [3.05, 3.63) is 42.5 Å². The molecule has 0 aliphatic rings. The van der Waals surface area contributed by atoms with E-state index in [1.54, 1.807) is 49.3 Å². The highest BCUT2D eigenvalue weighted by Gasteiger charge is 2.15. The van der Waals surface area contributed by atoms with Crippen LogP contribution < -0.4 is 4.90 Å². The molecule has 5 nitrogen and oxygen atoms in total. The van der Waals surface area contributed by atoms with Crippen molar-refractivity contribution in [1.29, 1.82) is 0 Å². The molecule has 0 radical (unpaired) electrons. The van der Waals surface area contributed by atoms with Gasteiger partial charge in [-0.15, -0.1) is 6.58 Å². The van der Waals surface area contributed by atoms with Gasteiger partial charge < -0.3 is 9.64 Å². The van der Waals surface area contributed by atoms with E-state index in [4.69, 9.17) is 0 Å². The number of hydrogen-bond acceptors (Lipinski definition) is 3. The van der Waals surface area contributed by atoms with Crippen molar-refractivity contribution >= 4 is 17.7 Å². The summed E-state index contributed by atoms with van der Waals surface area (Å²) in [5.74, 6) is -0.399. The molecule has 2 amide bonds. The lowest BCUT2D eigenvalue weighted by Crippen LogP contribution is -2.38. The fraction of sp³-hybridized carbons (Fsp3) is 0.286. The standard InChI is InChI=1S/C14H18N2O3/c1-5-10-15(2)14(18)16(3)12-8-6-11(7-9-12)13(17)19-4/h5-9H,1,10H2,2-4H3. The summed E-state index contributed by atoms with van der Waals surface area (Å²) in [6.45, 7) is 4.07. The molecule has 0 saturated heterocycles. The van der Waals surface area contributed by atoms with Gasteiger partial charge in [0.15, 0.2) is 0 Å². The Hall–Kier alpha value is -2.30. The van der Waals surface area contributed by atoms with Gasteiger partial charge in [-0.05, 0) is 24.3 Å². The Morgan fingerprint density at radius 1 is 1.26 bits per heavy atom. The van der Waals surface area contributed by atoms with Crippen molar-refractivity contribution < 1.29 is 14.3 Å². The Labute approximate surface area is 113 Å². The molecule has 1 aromatic rings. The Morgan fingerprint density at radius 2 is 1.84 bits per heavy atom. The molecule has 19 heavy (non-hydrogen) atoms. The second-order valence-electron chi connectivity index (χ2n) is 4.05. The van der Waals surface area contributed by atoms with Gasteiger partial charge in [0.25, 0.3) is 0 Å². The Kier molecular flexibility index (Phi) is 5.11. The van der Waals surface area contributed by atoms with Crippen LogP contribution in [0.5, 0.6) is 0 Å². The van der Waals surface area contributed by atoms with Crippen molar-refractivity contribution in [3.63, 3.8) is 0 Å². The van der Waals surface area contributed by atoms with E-state index >= 15 is 0 Å². The molecule has 1 aromatic carbocycles. The van der Waals surface area contributed by atoms with Crippen LogP contribution in [0, 0.1) is 0 Å². The molecule has 0 fully saturated rings. The molecule has 1 rings (SSSR count). The second-order valence-corrected chi connectivity index (χ2v) is 4.05. The third-order valence-electron chi connectivity index (χ3n) is 2.69. The Balaban J connectivity index is 2.83. The topological polar surface area (TPSA) is 49.9 Å². The van der Waals surface area contributed by atoms with Crippen LogP contribution in [0.4, 0.5) is 10.5 Å². The van der Waals surface area contributed by atoms with E-state index in [1.165, 1.54) is 12.0 Å². The van der Waals surface area contributed by atoms with Gasteiger partial charge in [0.2, 0.25) is 0 Å². The van der Waals surface area contributed by atoms with Crippen LogP contribution in [0.1, 0.15) is 10.4 Å². The lowest BCUT2D eigenvalue weighted by Gasteiger charge is -2.24. The molecule has 0 N–H and O–H groups in total. The number of carbonyl (C=O) groups excluding carboxylic acids is 2. The summed E-state index contributed by atoms with van der Waals surface area (Å²) in [4.78, 5) is 26.4. The number of hydrogen-bond donors (Lipinski definition) is 0. The summed E-state index contributed by atoms with van der Waals surface area (Å²) in [5.41, 5.74) is 1.15. The molecule has 0 unspecified atom stereocenters. The highest BCUT2D eigenvalue weighted by molar-refractivity contribution is 5.93. The zero-order chi connectivity index (χ0) is 14.4. The number of benzene rings is 1. The van der Waals surface area contributed by atoms with Crippen molar-refractivity contribution in [2.24, 2.45) is 0 Å². The zero-order valence-corrected chi connectivity index (χ0v) is 11.4. The lowest BCUT2D eigenvalue weighted by molar-refractivity contribution is 0.0601. The smallest absolute Gasteiger partial charge is 0.337 e. The minimum absolute atomic E-state index is 0.147. The summed E-state index contributed by atoms with van der Waals surface area (Å²) in [7, 11) is 4.70. The van der Waals surface area contributed by atoms with E-state index in [-0.39, 0.29) is 6.03 Å². The van der Waals surface area contributed by atoms with Gasteiger partial charge in [-0.25, -0.2) is 9.59 Å². The van der Waals surface area contributed by atoms with Crippen molar-refractivity contribution in [1.82, 2.24) is 4.90 Å². The Bertz CT molecular complexity index is 468. The molecule has 102 valence electrons. The predicted molar refractivity (Wildman–Crippen MR) is 74.4 cm³/mol. The fourth-order valence-corrected chi connectivity index (χ4v) is 1.58. The highest BCUT2D eigenvalue weighted by atomic mass is 16.5. The fourth-order valence-electron chi connectivity index (χ4n) is 1.58. The van der Waals surface area contributed by atoms with Crippen LogP contribution in [-0.4, -0.2) is 44.7 Å². The number of ether oxygens (including phenoxy) is 1. The minimum Gasteiger partial charge on any atom is -0.465 e. The molecular weight excluding hydrogens is 244 g/mol. The third kappa shape index (κ3) is 3.58.